The van der Waals surface area contributed by atoms with E-state index in [-0.39, 0.29) is 0 Å². The maximum Gasteiger partial charge on any atom is 0.220 e. The molecular weight excluding hydrogens is 314 g/mol. The zero-order valence-electron chi connectivity index (χ0n) is 16.8. The minimum atomic E-state index is 0.687. The number of hydrogen-bond donors (Lipinski definition) is 0. The highest BCUT2D eigenvalue weighted by molar-refractivity contribution is 5.94. The van der Waals surface area contributed by atoms with Crippen LogP contribution in [-0.2, 0) is 26.3 Å². The number of rotatable bonds is 3. The zero-order chi connectivity index (χ0) is 18.4. The van der Waals surface area contributed by atoms with Crippen molar-refractivity contribution < 1.29 is 4.57 Å². The molecule has 1 aliphatic carbocycles. The summed E-state index contributed by atoms with van der Waals surface area (Å²) in [5.41, 5.74) is 10.0. The summed E-state index contributed by atoms with van der Waals surface area (Å²) < 4.78 is 2.37. The van der Waals surface area contributed by atoms with Gasteiger partial charge in [-0.1, -0.05) is 32.0 Å². The molecule has 0 atom stereocenters. The Balaban J connectivity index is 1.96. The normalized spacial score (nSPS) is 13.6. The van der Waals surface area contributed by atoms with Crippen molar-refractivity contribution in [3.63, 3.8) is 0 Å². The van der Waals surface area contributed by atoms with Gasteiger partial charge >= 0.3 is 0 Å². The predicted octanol–water partition coefficient (Wildman–Crippen LogP) is 5.64. The molecule has 3 aromatic rings. The molecule has 1 heteroatoms. The van der Waals surface area contributed by atoms with Crippen LogP contribution in [0.2, 0.25) is 0 Å². The van der Waals surface area contributed by atoms with Gasteiger partial charge in [0.2, 0.25) is 5.69 Å². The molecule has 134 valence electrons. The monoisotopic (exact) mass is 344 g/mol. The summed E-state index contributed by atoms with van der Waals surface area (Å²) in [5.74, 6) is 0.687. The highest BCUT2D eigenvalue weighted by Gasteiger charge is 2.22. The maximum absolute atomic E-state index is 2.47. The molecule has 2 aromatic carbocycles. The predicted molar refractivity (Wildman–Crippen MR) is 111 cm³/mol. The van der Waals surface area contributed by atoms with Crippen molar-refractivity contribution in [2.75, 3.05) is 0 Å². The fraction of sp³-hybridized carbons (Fsp3) is 0.400. The summed E-state index contributed by atoms with van der Waals surface area (Å²) in [5, 5.41) is 2.74. The van der Waals surface area contributed by atoms with Gasteiger partial charge in [-0.25, -0.2) is 0 Å². The van der Waals surface area contributed by atoms with Gasteiger partial charge in [0.05, 0.1) is 10.9 Å². The van der Waals surface area contributed by atoms with E-state index >= 15 is 0 Å². The summed E-state index contributed by atoms with van der Waals surface area (Å²) in [6, 6.07) is 14.3. The van der Waals surface area contributed by atoms with Crippen molar-refractivity contribution >= 4 is 10.8 Å². The molecule has 0 aliphatic heterocycles. The molecule has 1 heterocycles. The second-order valence-corrected chi connectivity index (χ2v) is 8.50. The molecule has 0 unspecified atom stereocenters. The smallest absolute Gasteiger partial charge is 0.198 e. The topological polar surface area (TPSA) is 3.88 Å². The van der Waals surface area contributed by atoms with Crippen LogP contribution >= 0.6 is 0 Å². The largest absolute Gasteiger partial charge is 0.220 e. The van der Waals surface area contributed by atoms with Crippen molar-refractivity contribution in [2.24, 2.45) is 13.0 Å². The standard InChI is InChI=1S/C25H30N/c1-16(2)11-19-9-10-23-22(14-19)13-18(4)26(5)25(23)24-15-21-8-6-7-20(21)12-17(24)3/h9-10,12-16H,6-8,11H2,1-5H3/q+1. The first-order valence-corrected chi connectivity index (χ1v) is 9.99. The third kappa shape index (κ3) is 2.94. The van der Waals surface area contributed by atoms with Crippen molar-refractivity contribution in [1.82, 2.24) is 0 Å². The van der Waals surface area contributed by atoms with Gasteiger partial charge in [-0.3, -0.25) is 0 Å². The van der Waals surface area contributed by atoms with Gasteiger partial charge in [0.15, 0.2) is 5.69 Å². The number of hydrogen-bond acceptors (Lipinski definition) is 0. The lowest BCUT2D eigenvalue weighted by atomic mass is 9.93. The van der Waals surface area contributed by atoms with E-state index in [1.807, 2.05) is 0 Å². The highest BCUT2D eigenvalue weighted by atomic mass is 14.9. The van der Waals surface area contributed by atoms with E-state index in [1.165, 1.54) is 58.1 Å². The molecule has 0 radical (unpaired) electrons. The number of benzene rings is 2. The average Bonchev–Trinajstić information content (AvgIpc) is 3.02. The number of pyridine rings is 1. The summed E-state index contributed by atoms with van der Waals surface area (Å²) in [6.45, 7) is 9.08. The van der Waals surface area contributed by atoms with Crippen LogP contribution in [0.4, 0.5) is 0 Å². The summed E-state index contributed by atoms with van der Waals surface area (Å²) in [4.78, 5) is 0. The molecule has 0 spiro atoms. The maximum atomic E-state index is 2.47. The molecule has 0 N–H and O–H groups in total. The van der Waals surface area contributed by atoms with Gasteiger partial charge in [0, 0.05) is 13.0 Å². The van der Waals surface area contributed by atoms with Gasteiger partial charge in [0.1, 0.15) is 7.05 Å². The summed E-state index contributed by atoms with van der Waals surface area (Å²) in [7, 11) is 2.21. The van der Waals surface area contributed by atoms with E-state index in [4.69, 9.17) is 0 Å². The van der Waals surface area contributed by atoms with Gasteiger partial charge in [-0.2, -0.15) is 4.57 Å². The van der Waals surface area contributed by atoms with Crippen LogP contribution in [-0.4, -0.2) is 0 Å². The van der Waals surface area contributed by atoms with E-state index in [0.717, 1.165) is 6.42 Å². The van der Waals surface area contributed by atoms with Crippen molar-refractivity contribution in [3.8, 4) is 11.3 Å². The Labute approximate surface area is 157 Å². The molecule has 0 saturated carbocycles. The molecule has 0 bridgehead atoms. The van der Waals surface area contributed by atoms with Crippen molar-refractivity contribution in [3.05, 3.63) is 64.3 Å². The third-order valence-corrected chi connectivity index (χ3v) is 5.94. The van der Waals surface area contributed by atoms with Crippen LogP contribution in [0.25, 0.3) is 22.0 Å². The first-order chi connectivity index (χ1) is 12.4. The highest BCUT2D eigenvalue weighted by Crippen LogP contribution is 2.34. The first kappa shape index (κ1) is 17.3. The number of aromatic nitrogens is 1. The fourth-order valence-electron chi connectivity index (χ4n) is 4.55. The van der Waals surface area contributed by atoms with Gasteiger partial charge < -0.3 is 0 Å². The number of aryl methyl sites for hydroxylation is 4. The minimum Gasteiger partial charge on any atom is -0.198 e. The molecule has 0 amide bonds. The van der Waals surface area contributed by atoms with Crippen LogP contribution in [0, 0.1) is 19.8 Å². The average molecular weight is 345 g/mol. The second-order valence-electron chi connectivity index (χ2n) is 8.50. The SMILES string of the molecule is Cc1cc2c(cc1-c1c3ccc(CC(C)C)cc3cc(C)[n+]1C)CCC2. The molecule has 0 fully saturated rings. The Kier molecular flexibility index (Phi) is 4.34. The Morgan fingerprint density at radius 1 is 0.962 bits per heavy atom. The van der Waals surface area contributed by atoms with Gasteiger partial charge in [0.25, 0.3) is 0 Å². The summed E-state index contributed by atoms with van der Waals surface area (Å²) in [6.07, 6.45) is 4.92. The quantitative estimate of drug-likeness (QED) is 0.542. The van der Waals surface area contributed by atoms with E-state index < -0.39 is 0 Å². The van der Waals surface area contributed by atoms with E-state index in [1.54, 1.807) is 11.1 Å². The second kappa shape index (κ2) is 6.54. The van der Waals surface area contributed by atoms with E-state index in [0.29, 0.717) is 5.92 Å². The molecule has 0 saturated heterocycles. The van der Waals surface area contributed by atoms with Crippen molar-refractivity contribution in [1.29, 1.82) is 0 Å². The van der Waals surface area contributed by atoms with Crippen LogP contribution < -0.4 is 4.57 Å². The molecular formula is C25H30N+. The Morgan fingerprint density at radius 2 is 1.69 bits per heavy atom. The van der Waals surface area contributed by atoms with Gasteiger partial charge in [-0.15, -0.1) is 0 Å². The lowest BCUT2D eigenvalue weighted by molar-refractivity contribution is -0.665. The number of nitrogens with zero attached hydrogens (tertiary/aromatic N) is 1. The Hall–Kier alpha value is -2.15. The summed E-state index contributed by atoms with van der Waals surface area (Å²) >= 11 is 0. The van der Waals surface area contributed by atoms with Crippen molar-refractivity contribution in [2.45, 2.75) is 53.4 Å². The Morgan fingerprint density at radius 3 is 2.42 bits per heavy atom. The van der Waals surface area contributed by atoms with Crippen LogP contribution in [0.5, 0.6) is 0 Å². The van der Waals surface area contributed by atoms with Gasteiger partial charge in [-0.05, 0) is 78.3 Å². The zero-order valence-corrected chi connectivity index (χ0v) is 16.8. The minimum absolute atomic E-state index is 0.687. The first-order valence-electron chi connectivity index (χ1n) is 9.99. The molecule has 1 aliphatic rings. The molecule has 1 aromatic heterocycles. The Bertz CT molecular complexity index is 995. The van der Waals surface area contributed by atoms with E-state index in [9.17, 15) is 0 Å². The van der Waals surface area contributed by atoms with Crippen LogP contribution in [0.3, 0.4) is 0 Å². The lowest BCUT2D eigenvalue weighted by Crippen LogP contribution is -2.35. The number of fused-ring (bicyclic) bond motifs is 2. The molecule has 1 nitrogen and oxygen atoms in total. The fourth-order valence-corrected chi connectivity index (χ4v) is 4.55. The van der Waals surface area contributed by atoms with Crippen LogP contribution in [0.1, 0.15) is 48.2 Å². The lowest BCUT2D eigenvalue weighted by Gasteiger charge is -2.13. The molecule has 26 heavy (non-hydrogen) atoms. The van der Waals surface area contributed by atoms with Crippen LogP contribution in [0.15, 0.2) is 36.4 Å². The molecule has 4 rings (SSSR count). The third-order valence-electron chi connectivity index (χ3n) is 5.94. The van der Waals surface area contributed by atoms with E-state index in [2.05, 4.69) is 75.7 Å².